The van der Waals surface area contributed by atoms with E-state index in [4.69, 9.17) is 9.47 Å². The SMILES string of the molecule is Cc1cc(C(c2cccnc2)c2cc(C)c(Oc3ccc(N4C(=O)C=CC4=O)cc3)c(C)c2)cc(C)c1Oc1ccc(N2C(=O)C=CC2=O)cc1. The smallest absolute Gasteiger partial charge is 0.258 e. The Bertz CT molecular complexity index is 2050. The number of hydrogen-bond acceptors (Lipinski definition) is 7. The van der Waals surface area contributed by atoms with Gasteiger partial charge in [-0.05, 0) is 121 Å². The summed E-state index contributed by atoms with van der Waals surface area (Å²) in [6.07, 6.45) is 8.68. The van der Waals surface area contributed by atoms with Crippen LogP contribution >= 0.6 is 0 Å². The molecule has 1 aromatic heterocycles. The van der Waals surface area contributed by atoms with Crippen molar-refractivity contribution in [1.29, 1.82) is 0 Å². The van der Waals surface area contributed by atoms with Gasteiger partial charge in [0.1, 0.15) is 23.0 Å². The van der Waals surface area contributed by atoms with Crippen molar-refractivity contribution in [2.75, 3.05) is 9.80 Å². The number of benzene rings is 4. The summed E-state index contributed by atoms with van der Waals surface area (Å²) in [5, 5.41) is 0. The van der Waals surface area contributed by atoms with E-state index in [9.17, 15) is 19.2 Å². The fraction of sp³-hybridized carbons (Fsp3) is 0.119. The highest BCUT2D eigenvalue weighted by molar-refractivity contribution is 6.28. The van der Waals surface area contributed by atoms with Crippen LogP contribution in [-0.4, -0.2) is 28.6 Å². The third-order valence-electron chi connectivity index (χ3n) is 8.90. The Morgan fingerprint density at radius 3 is 1.22 bits per heavy atom. The average Bonchev–Trinajstić information content (AvgIpc) is 3.64. The van der Waals surface area contributed by atoms with Crippen LogP contribution in [0.2, 0.25) is 0 Å². The first-order valence-electron chi connectivity index (χ1n) is 16.4. The van der Waals surface area contributed by atoms with Gasteiger partial charge >= 0.3 is 0 Å². The fourth-order valence-electron chi connectivity index (χ4n) is 6.62. The van der Waals surface area contributed by atoms with Crippen LogP contribution in [0.3, 0.4) is 0 Å². The molecule has 9 heteroatoms. The molecular weight excluding hydrogens is 642 g/mol. The molecule has 4 amide bonds. The number of aromatic nitrogens is 1. The van der Waals surface area contributed by atoms with Gasteiger partial charge in [-0.2, -0.15) is 0 Å². The Kier molecular flexibility index (Phi) is 8.62. The van der Waals surface area contributed by atoms with E-state index in [0.29, 0.717) is 22.9 Å². The van der Waals surface area contributed by atoms with E-state index in [2.05, 4.69) is 35.3 Å². The van der Waals surface area contributed by atoms with E-state index in [1.807, 2.05) is 40.0 Å². The Morgan fingerprint density at radius 2 is 0.882 bits per heavy atom. The molecule has 0 unspecified atom stereocenters. The summed E-state index contributed by atoms with van der Waals surface area (Å²) in [5.74, 6) is 1.01. The lowest BCUT2D eigenvalue weighted by Crippen LogP contribution is -2.29. The van der Waals surface area contributed by atoms with E-state index < -0.39 is 0 Å². The first kappa shape index (κ1) is 32.9. The summed E-state index contributed by atoms with van der Waals surface area (Å²) in [4.78, 5) is 55.0. The van der Waals surface area contributed by atoms with Crippen molar-refractivity contribution in [2.24, 2.45) is 0 Å². The van der Waals surface area contributed by atoms with E-state index >= 15 is 0 Å². The van der Waals surface area contributed by atoms with Crippen LogP contribution in [0.15, 0.2) is 122 Å². The van der Waals surface area contributed by atoms with Gasteiger partial charge < -0.3 is 9.47 Å². The molecule has 2 aliphatic rings. The number of imide groups is 2. The maximum Gasteiger partial charge on any atom is 0.258 e. The van der Waals surface area contributed by atoms with Gasteiger partial charge in [-0.25, -0.2) is 9.80 Å². The normalized spacial score (nSPS) is 14.0. The highest BCUT2D eigenvalue weighted by Crippen LogP contribution is 2.40. The summed E-state index contributed by atoms with van der Waals surface area (Å²) >= 11 is 0. The summed E-state index contributed by atoms with van der Waals surface area (Å²) in [7, 11) is 0. The van der Waals surface area contributed by atoms with Gasteiger partial charge in [0.25, 0.3) is 23.6 Å². The maximum absolute atomic E-state index is 12.1. The minimum absolute atomic E-state index is 0.136. The van der Waals surface area contributed by atoms with Crippen molar-refractivity contribution in [3.05, 3.63) is 161 Å². The number of pyridine rings is 1. The van der Waals surface area contributed by atoms with E-state index in [1.165, 1.54) is 24.3 Å². The summed E-state index contributed by atoms with van der Waals surface area (Å²) in [6, 6.07) is 26.3. The third kappa shape index (κ3) is 6.45. The number of carbonyl (C=O) groups is 4. The molecule has 5 aromatic rings. The lowest BCUT2D eigenvalue weighted by atomic mass is 9.83. The van der Waals surface area contributed by atoms with Crippen LogP contribution in [0.1, 0.15) is 44.9 Å². The third-order valence-corrected chi connectivity index (χ3v) is 8.90. The maximum atomic E-state index is 12.1. The Morgan fingerprint density at radius 1 is 0.510 bits per heavy atom. The molecule has 0 N–H and O–H groups in total. The molecule has 0 atom stereocenters. The molecule has 2 aliphatic heterocycles. The number of nitrogens with zero attached hydrogens (tertiary/aromatic N) is 3. The van der Waals surface area contributed by atoms with Gasteiger partial charge in [-0.3, -0.25) is 24.2 Å². The van der Waals surface area contributed by atoms with Gasteiger partial charge in [0.2, 0.25) is 0 Å². The molecule has 0 spiro atoms. The highest BCUT2D eigenvalue weighted by atomic mass is 16.5. The predicted octanol–water partition coefficient (Wildman–Crippen LogP) is 7.94. The van der Waals surface area contributed by atoms with Crippen molar-refractivity contribution >= 4 is 35.0 Å². The Hall–Kier alpha value is -6.61. The molecule has 7 rings (SSSR count). The quantitative estimate of drug-likeness (QED) is 0.146. The largest absolute Gasteiger partial charge is 0.457 e. The second-order valence-electron chi connectivity index (χ2n) is 12.6. The first-order valence-corrected chi connectivity index (χ1v) is 16.4. The van der Waals surface area contributed by atoms with E-state index in [0.717, 1.165) is 60.2 Å². The van der Waals surface area contributed by atoms with Crippen LogP contribution in [0, 0.1) is 27.7 Å². The average molecular weight is 676 g/mol. The number of carbonyl (C=O) groups excluding carboxylic acids is 4. The summed E-state index contributed by atoms with van der Waals surface area (Å²) in [6.45, 7) is 8.05. The van der Waals surface area contributed by atoms with E-state index in [-0.39, 0.29) is 29.5 Å². The van der Waals surface area contributed by atoms with Crippen LogP contribution in [-0.2, 0) is 19.2 Å². The molecule has 0 aliphatic carbocycles. The van der Waals surface area contributed by atoms with Gasteiger partial charge in [-0.15, -0.1) is 0 Å². The predicted molar refractivity (Wildman–Crippen MR) is 193 cm³/mol. The molecule has 4 aromatic carbocycles. The lowest BCUT2D eigenvalue weighted by Gasteiger charge is -2.23. The molecule has 252 valence electrons. The summed E-state index contributed by atoms with van der Waals surface area (Å²) in [5.41, 5.74) is 7.93. The highest BCUT2D eigenvalue weighted by Gasteiger charge is 2.27. The minimum Gasteiger partial charge on any atom is -0.457 e. The second-order valence-corrected chi connectivity index (χ2v) is 12.6. The van der Waals surface area contributed by atoms with E-state index in [1.54, 1.807) is 54.7 Å². The van der Waals surface area contributed by atoms with Gasteiger partial charge in [-0.1, -0.05) is 30.3 Å². The van der Waals surface area contributed by atoms with Crippen LogP contribution in [0.25, 0.3) is 0 Å². The molecule has 51 heavy (non-hydrogen) atoms. The number of ether oxygens (including phenoxy) is 2. The van der Waals surface area contributed by atoms with Crippen molar-refractivity contribution in [3.63, 3.8) is 0 Å². The molecule has 9 nitrogen and oxygen atoms in total. The van der Waals surface area contributed by atoms with Gasteiger partial charge in [0.15, 0.2) is 0 Å². The summed E-state index contributed by atoms with van der Waals surface area (Å²) < 4.78 is 12.7. The zero-order valence-electron chi connectivity index (χ0n) is 28.4. The standard InChI is InChI=1S/C42H33N3O6/c1-25-20-30(21-26(2)41(25)50-34-11-7-32(8-12-34)44-36(46)15-16-37(44)47)40(29-6-5-19-43-24-29)31-22-27(3)42(28(4)23-31)51-35-13-9-33(10-14-35)45-38(48)17-18-39(45)49/h5-24,40H,1-4H3. The number of aryl methyl sites for hydroxylation is 4. The zero-order chi connectivity index (χ0) is 35.8. The molecular formula is C42H33N3O6. The first-order chi connectivity index (χ1) is 24.6. The fourth-order valence-corrected chi connectivity index (χ4v) is 6.62. The Balaban J connectivity index is 1.16. The molecule has 0 fully saturated rings. The molecule has 0 saturated carbocycles. The second kappa shape index (κ2) is 13.4. The van der Waals surface area contributed by atoms with Gasteiger partial charge in [0.05, 0.1) is 11.4 Å². The van der Waals surface area contributed by atoms with Crippen LogP contribution in [0.5, 0.6) is 23.0 Å². The van der Waals surface area contributed by atoms with Gasteiger partial charge in [0, 0.05) is 42.6 Å². The van der Waals surface area contributed by atoms with Crippen LogP contribution < -0.4 is 19.3 Å². The minimum atomic E-state index is -0.369. The van der Waals surface area contributed by atoms with Crippen molar-refractivity contribution in [1.82, 2.24) is 4.98 Å². The lowest BCUT2D eigenvalue weighted by molar-refractivity contribution is -0.121. The van der Waals surface area contributed by atoms with Crippen molar-refractivity contribution in [2.45, 2.75) is 33.6 Å². The number of rotatable bonds is 9. The number of hydrogen-bond donors (Lipinski definition) is 0. The van der Waals surface area contributed by atoms with Crippen molar-refractivity contribution < 1.29 is 28.7 Å². The molecule has 0 radical (unpaired) electrons. The number of anilines is 2. The molecule has 3 heterocycles. The Labute approximate surface area is 295 Å². The monoisotopic (exact) mass is 675 g/mol. The topological polar surface area (TPSA) is 106 Å². The zero-order valence-corrected chi connectivity index (χ0v) is 28.4. The van der Waals surface area contributed by atoms with Crippen LogP contribution in [0.4, 0.5) is 11.4 Å². The van der Waals surface area contributed by atoms with Crippen molar-refractivity contribution in [3.8, 4) is 23.0 Å². The number of amides is 4. The molecule has 0 saturated heterocycles. The molecule has 0 bridgehead atoms.